The van der Waals surface area contributed by atoms with Gasteiger partial charge in [-0.15, -0.1) is 0 Å². The van der Waals surface area contributed by atoms with E-state index in [1.165, 1.54) is 17.6 Å². The highest BCUT2D eigenvalue weighted by Gasteiger charge is 2.37. The molecule has 0 aliphatic carbocycles. The van der Waals surface area contributed by atoms with Crippen LogP contribution < -0.4 is 16.4 Å². The van der Waals surface area contributed by atoms with Crippen molar-refractivity contribution in [2.24, 2.45) is 17.4 Å². The molecule has 2 saturated heterocycles. The molecular weight excluding hydrogens is 402 g/mol. The average Bonchev–Trinajstić information content (AvgIpc) is 3.29. The number of piperidine rings is 1. The Labute approximate surface area is 178 Å². The van der Waals surface area contributed by atoms with Crippen LogP contribution in [0.1, 0.15) is 51.7 Å². The summed E-state index contributed by atoms with van der Waals surface area (Å²) in [6.07, 6.45) is 6.18. The van der Waals surface area contributed by atoms with Gasteiger partial charge < -0.3 is 16.4 Å². The number of rotatable bonds is 5. The summed E-state index contributed by atoms with van der Waals surface area (Å²) in [5, 5.41) is 1.41. The largest absolute Gasteiger partial charge is 0.366 e. The zero-order valence-electron chi connectivity index (χ0n) is 16.8. The van der Waals surface area contributed by atoms with Crippen LogP contribution in [0.2, 0.25) is 0 Å². The van der Waals surface area contributed by atoms with Gasteiger partial charge in [0.15, 0.2) is 0 Å². The Balaban J connectivity index is 1.42. The first-order valence-electron chi connectivity index (χ1n) is 10.0. The number of amides is 3. The summed E-state index contributed by atoms with van der Waals surface area (Å²) in [5.74, 6) is -0.864. The van der Waals surface area contributed by atoms with Crippen LogP contribution in [-0.4, -0.2) is 57.4 Å². The SMILES string of the molecule is NC(=O)c1cncc(C2CCON2C(=O)C2CCN(c3cc(C(N)=O)ncn3)CC2)c1. The van der Waals surface area contributed by atoms with Crippen molar-refractivity contribution in [3.8, 4) is 0 Å². The van der Waals surface area contributed by atoms with Crippen molar-refractivity contribution in [1.29, 1.82) is 0 Å². The second-order valence-corrected chi connectivity index (χ2v) is 7.56. The lowest BCUT2D eigenvalue weighted by atomic mass is 9.94. The maximum Gasteiger partial charge on any atom is 0.267 e. The van der Waals surface area contributed by atoms with E-state index in [0.29, 0.717) is 50.3 Å². The topological polar surface area (TPSA) is 158 Å². The third-order valence-electron chi connectivity index (χ3n) is 5.62. The van der Waals surface area contributed by atoms with Crippen LogP contribution >= 0.6 is 0 Å². The summed E-state index contributed by atoms with van der Waals surface area (Å²) in [7, 11) is 0. The maximum absolute atomic E-state index is 13.2. The van der Waals surface area contributed by atoms with Crippen LogP contribution in [0.3, 0.4) is 0 Å². The number of carbonyl (C=O) groups excluding carboxylic acids is 3. The zero-order chi connectivity index (χ0) is 22.0. The molecule has 11 nitrogen and oxygen atoms in total. The highest BCUT2D eigenvalue weighted by atomic mass is 16.7. The van der Waals surface area contributed by atoms with Gasteiger partial charge in [-0.1, -0.05) is 0 Å². The quantitative estimate of drug-likeness (QED) is 0.687. The fraction of sp³-hybridized carbons (Fsp3) is 0.400. The van der Waals surface area contributed by atoms with Gasteiger partial charge in [0, 0.05) is 43.9 Å². The second-order valence-electron chi connectivity index (χ2n) is 7.56. The van der Waals surface area contributed by atoms with Gasteiger partial charge in [0.05, 0.1) is 18.2 Å². The molecule has 162 valence electrons. The number of hydrogen-bond acceptors (Lipinski definition) is 8. The van der Waals surface area contributed by atoms with E-state index in [1.54, 1.807) is 18.3 Å². The van der Waals surface area contributed by atoms with E-state index < -0.39 is 11.8 Å². The van der Waals surface area contributed by atoms with Crippen molar-refractivity contribution in [2.45, 2.75) is 25.3 Å². The molecule has 4 heterocycles. The number of aromatic nitrogens is 3. The normalized spacial score (nSPS) is 19.4. The van der Waals surface area contributed by atoms with Crippen molar-refractivity contribution in [2.75, 3.05) is 24.6 Å². The monoisotopic (exact) mass is 425 g/mol. The molecule has 0 aromatic carbocycles. The lowest BCUT2D eigenvalue weighted by Crippen LogP contribution is -2.42. The predicted molar refractivity (Wildman–Crippen MR) is 108 cm³/mol. The number of primary amides is 2. The number of nitrogens with two attached hydrogens (primary N) is 2. The van der Waals surface area contributed by atoms with Crippen molar-refractivity contribution < 1.29 is 19.2 Å². The molecule has 1 atom stereocenters. The van der Waals surface area contributed by atoms with Crippen molar-refractivity contribution in [1.82, 2.24) is 20.0 Å². The van der Waals surface area contributed by atoms with Crippen LogP contribution in [0.4, 0.5) is 5.82 Å². The van der Waals surface area contributed by atoms with E-state index in [1.807, 2.05) is 4.90 Å². The van der Waals surface area contributed by atoms with E-state index in [2.05, 4.69) is 15.0 Å². The summed E-state index contributed by atoms with van der Waals surface area (Å²) < 4.78 is 0. The minimum atomic E-state index is -0.610. The van der Waals surface area contributed by atoms with Gasteiger partial charge in [-0.2, -0.15) is 0 Å². The Morgan fingerprint density at radius 1 is 1.00 bits per heavy atom. The molecule has 3 amide bonds. The van der Waals surface area contributed by atoms with E-state index in [-0.39, 0.29) is 23.6 Å². The molecular formula is C20H23N7O4. The molecule has 0 saturated carbocycles. The Morgan fingerprint density at radius 3 is 2.48 bits per heavy atom. The van der Waals surface area contributed by atoms with Crippen molar-refractivity contribution in [3.63, 3.8) is 0 Å². The third kappa shape index (κ3) is 4.31. The molecule has 4 rings (SSSR count). The molecule has 2 aliphatic rings. The smallest absolute Gasteiger partial charge is 0.267 e. The lowest BCUT2D eigenvalue weighted by molar-refractivity contribution is -0.182. The predicted octanol–water partition coefficient (Wildman–Crippen LogP) is 0.191. The number of hydrogen-bond donors (Lipinski definition) is 2. The Hall–Kier alpha value is -3.60. The van der Waals surface area contributed by atoms with Crippen molar-refractivity contribution in [3.05, 3.63) is 47.7 Å². The van der Waals surface area contributed by atoms with Gasteiger partial charge in [-0.3, -0.25) is 24.2 Å². The third-order valence-corrected chi connectivity index (χ3v) is 5.62. The Bertz CT molecular complexity index is 1010. The summed E-state index contributed by atoms with van der Waals surface area (Å²) in [6.45, 7) is 1.61. The van der Waals surface area contributed by atoms with E-state index in [0.717, 1.165) is 5.56 Å². The van der Waals surface area contributed by atoms with Gasteiger partial charge in [-0.25, -0.2) is 15.0 Å². The minimum absolute atomic E-state index is 0.0906. The van der Waals surface area contributed by atoms with Crippen LogP contribution in [0.25, 0.3) is 0 Å². The molecule has 2 aromatic heterocycles. The van der Waals surface area contributed by atoms with Gasteiger partial charge in [0.2, 0.25) is 11.8 Å². The van der Waals surface area contributed by atoms with Gasteiger partial charge in [0.1, 0.15) is 17.8 Å². The van der Waals surface area contributed by atoms with E-state index in [9.17, 15) is 14.4 Å². The molecule has 2 aliphatic heterocycles. The van der Waals surface area contributed by atoms with Gasteiger partial charge in [0.25, 0.3) is 5.91 Å². The number of nitrogens with zero attached hydrogens (tertiary/aromatic N) is 5. The lowest BCUT2D eigenvalue weighted by Gasteiger charge is -2.34. The van der Waals surface area contributed by atoms with E-state index in [4.69, 9.17) is 16.3 Å². The first kappa shape index (κ1) is 20.7. The van der Waals surface area contributed by atoms with Crippen LogP contribution in [0, 0.1) is 5.92 Å². The molecule has 2 aromatic rings. The molecule has 0 spiro atoms. The van der Waals surface area contributed by atoms with Crippen LogP contribution in [0.15, 0.2) is 30.9 Å². The van der Waals surface area contributed by atoms with Crippen LogP contribution in [0.5, 0.6) is 0 Å². The zero-order valence-corrected chi connectivity index (χ0v) is 16.8. The first-order chi connectivity index (χ1) is 14.9. The number of carbonyl (C=O) groups is 3. The highest BCUT2D eigenvalue weighted by Crippen LogP contribution is 2.34. The fourth-order valence-electron chi connectivity index (χ4n) is 3.95. The summed E-state index contributed by atoms with van der Waals surface area (Å²) in [6, 6.07) is 2.91. The number of hydroxylamine groups is 2. The highest BCUT2D eigenvalue weighted by molar-refractivity contribution is 5.92. The Morgan fingerprint density at radius 2 is 1.77 bits per heavy atom. The summed E-state index contributed by atoms with van der Waals surface area (Å²) in [4.78, 5) is 55.8. The molecule has 11 heteroatoms. The molecule has 0 bridgehead atoms. The van der Waals surface area contributed by atoms with Gasteiger partial charge in [-0.05, 0) is 24.5 Å². The van der Waals surface area contributed by atoms with E-state index >= 15 is 0 Å². The maximum atomic E-state index is 13.2. The Kier molecular flexibility index (Phi) is 5.76. The minimum Gasteiger partial charge on any atom is -0.366 e. The molecule has 31 heavy (non-hydrogen) atoms. The van der Waals surface area contributed by atoms with Crippen LogP contribution in [-0.2, 0) is 9.63 Å². The summed E-state index contributed by atoms with van der Waals surface area (Å²) in [5.41, 5.74) is 11.8. The molecule has 0 radical (unpaired) electrons. The fourth-order valence-corrected chi connectivity index (χ4v) is 3.95. The van der Waals surface area contributed by atoms with Crippen molar-refractivity contribution >= 4 is 23.5 Å². The number of anilines is 1. The van der Waals surface area contributed by atoms with Gasteiger partial charge >= 0.3 is 0 Å². The average molecular weight is 425 g/mol. The second kappa shape index (κ2) is 8.64. The number of pyridine rings is 1. The summed E-state index contributed by atoms with van der Waals surface area (Å²) >= 11 is 0. The standard InChI is InChI=1S/C20H23N7O4/c21-18(28)14-7-13(9-23-10-14)16-3-6-31-27(16)20(30)12-1-4-26(5-2-12)17-8-15(19(22)29)24-11-25-17/h7-12,16H,1-6H2,(H2,21,28)(H2,22,29). The molecule has 2 fully saturated rings. The first-order valence-corrected chi connectivity index (χ1v) is 10.0. The molecule has 4 N–H and O–H groups in total. The molecule has 1 unspecified atom stereocenters.